The second-order valence-electron chi connectivity index (χ2n) is 9.27. The van der Waals surface area contributed by atoms with Crippen molar-refractivity contribution in [1.29, 1.82) is 0 Å². The van der Waals surface area contributed by atoms with Gasteiger partial charge in [-0.1, -0.05) is 18.2 Å². The largest absolute Gasteiger partial charge is 0.378 e. The summed E-state index contributed by atoms with van der Waals surface area (Å²) in [4.78, 5) is 22.4. The fraction of sp³-hybridized carbons (Fsp3) is 0.360. The minimum atomic E-state index is -3.77. The lowest BCUT2D eigenvalue weighted by Crippen LogP contribution is -2.47. The molecule has 198 valence electrons. The molecule has 4 aromatic rings. The molecular weight excluding hydrogens is 506 g/mol. The molecule has 2 aliphatic rings. The molecule has 5 heterocycles. The highest BCUT2D eigenvalue weighted by Crippen LogP contribution is 2.34. The van der Waals surface area contributed by atoms with Gasteiger partial charge < -0.3 is 25.1 Å². The van der Waals surface area contributed by atoms with Crippen LogP contribution in [0.15, 0.2) is 60.0 Å². The number of nitrogens with one attached hydrogen (secondary N) is 1. The second-order valence-corrected chi connectivity index (χ2v) is 11.3. The molecule has 0 radical (unpaired) electrons. The highest BCUT2D eigenvalue weighted by atomic mass is 32.2. The molecule has 0 bridgehead atoms. The third-order valence-corrected chi connectivity index (χ3v) is 8.88. The highest BCUT2D eigenvalue weighted by Gasteiger charge is 2.37. The van der Waals surface area contributed by atoms with Crippen molar-refractivity contribution in [2.45, 2.75) is 10.3 Å². The maximum absolute atomic E-state index is 14.0. The second kappa shape index (κ2) is 10.3. The first kappa shape index (κ1) is 24.7. The van der Waals surface area contributed by atoms with E-state index in [1.165, 1.54) is 0 Å². The number of imidazole rings is 1. The van der Waals surface area contributed by atoms with Crippen molar-refractivity contribution in [3.05, 3.63) is 60.8 Å². The van der Waals surface area contributed by atoms with Gasteiger partial charge in [0.25, 0.3) is 0 Å². The van der Waals surface area contributed by atoms with E-state index in [9.17, 15) is 8.42 Å². The Bertz CT molecular complexity index is 1520. The standard InChI is InChI=1S/C25H29N9O3S/c26-25-28-14-18(15-29-25)20-16-34-17-21(31-23(34)22(30-20)32-10-12-37-13-11-32)24(33-8-6-27-7-9-33)38(35,36)19-4-2-1-3-5-19/h1-5,14-17,24,27H,6-13H2,(H2,26,28,29). The molecule has 1 aromatic carbocycles. The summed E-state index contributed by atoms with van der Waals surface area (Å²) in [5.41, 5.74) is 8.06. The van der Waals surface area contributed by atoms with Crippen molar-refractivity contribution in [2.75, 3.05) is 63.1 Å². The van der Waals surface area contributed by atoms with Crippen LogP contribution in [-0.2, 0) is 14.6 Å². The van der Waals surface area contributed by atoms with Gasteiger partial charge in [0.15, 0.2) is 26.7 Å². The Kier molecular flexibility index (Phi) is 6.66. The Hall–Kier alpha value is -3.65. The van der Waals surface area contributed by atoms with Gasteiger partial charge in [-0.3, -0.25) is 4.90 Å². The van der Waals surface area contributed by atoms with Gasteiger partial charge in [0.1, 0.15) is 0 Å². The van der Waals surface area contributed by atoms with Gasteiger partial charge in [-0.2, -0.15) is 0 Å². The SMILES string of the molecule is Nc1ncc(-c2cn3cc(C(N4CCNCC4)S(=O)(=O)c4ccccc4)nc3c(N3CCOCC3)n2)cn1. The van der Waals surface area contributed by atoms with Crippen molar-refractivity contribution < 1.29 is 13.2 Å². The number of anilines is 2. The lowest BCUT2D eigenvalue weighted by molar-refractivity contribution is 0.122. The number of aromatic nitrogens is 5. The average Bonchev–Trinajstić information content (AvgIpc) is 3.38. The van der Waals surface area contributed by atoms with E-state index in [2.05, 4.69) is 20.2 Å². The Balaban J connectivity index is 1.52. The van der Waals surface area contributed by atoms with E-state index in [1.807, 2.05) is 21.6 Å². The molecule has 0 aliphatic carbocycles. The molecule has 2 aliphatic heterocycles. The van der Waals surface area contributed by atoms with Crippen molar-refractivity contribution in [3.8, 4) is 11.3 Å². The lowest BCUT2D eigenvalue weighted by Gasteiger charge is -2.33. The van der Waals surface area contributed by atoms with Gasteiger partial charge in [0, 0.05) is 69.6 Å². The number of benzene rings is 1. The van der Waals surface area contributed by atoms with Crippen molar-refractivity contribution in [3.63, 3.8) is 0 Å². The molecule has 2 saturated heterocycles. The van der Waals surface area contributed by atoms with Crippen LogP contribution in [0.4, 0.5) is 11.8 Å². The van der Waals surface area contributed by atoms with Crippen molar-refractivity contribution in [2.24, 2.45) is 0 Å². The van der Waals surface area contributed by atoms with E-state index in [0.717, 1.165) is 0 Å². The summed E-state index contributed by atoms with van der Waals surface area (Å²) in [5.74, 6) is 0.836. The molecule has 2 fully saturated rings. The van der Waals surface area contributed by atoms with Crippen LogP contribution in [0.25, 0.3) is 16.9 Å². The number of fused-ring (bicyclic) bond motifs is 1. The molecule has 0 saturated carbocycles. The van der Waals surface area contributed by atoms with Crippen molar-refractivity contribution >= 4 is 27.3 Å². The zero-order valence-corrected chi connectivity index (χ0v) is 21.6. The number of hydrogen-bond donors (Lipinski definition) is 2. The first-order valence-electron chi connectivity index (χ1n) is 12.5. The Morgan fingerprint density at radius 2 is 1.66 bits per heavy atom. The summed E-state index contributed by atoms with van der Waals surface area (Å²) in [6, 6.07) is 8.58. The van der Waals surface area contributed by atoms with Crippen LogP contribution in [-0.4, -0.2) is 90.1 Å². The summed E-state index contributed by atoms with van der Waals surface area (Å²) < 4.78 is 35.5. The maximum Gasteiger partial charge on any atom is 0.219 e. The number of nitrogens with two attached hydrogens (primary N) is 1. The van der Waals surface area contributed by atoms with Crippen LogP contribution in [0.3, 0.4) is 0 Å². The lowest BCUT2D eigenvalue weighted by atomic mass is 10.2. The number of nitrogen functional groups attached to an aromatic ring is 1. The van der Waals surface area contributed by atoms with Crippen LogP contribution < -0.4 is 16.0 Å². The maximum atomic E-state index is 14.0. The first-order chi connectivity index (χ1) is 18.5. The van der Waals surface area contributed by atoms with Crippen LogP contribution >= 0.6 is 0 Å². The highest BCUT2D eigenvalue weighted by molar-refractivity contribution is 7.91. The summed E-state index contributed by atoms with van der Waals surface area (Å²) in [6.07, 6.45) is 6.88. The fourth-order valence-electron chi connectivity index (χ4n) is 4.91. The quantitative estimate of drug-likeness (QED) is 0.365. The van der Waals surface area contributed by atoms with Crippen LogP contribution in [0, 0.1) is 0 Å². The number of rotatable bonds is 6. The average molecular weight is 536 g/mol. The summed E-state index contributed by atoms with van der Waals surface area (Å²) in [6.45, 7) is 5.03. The Labute approximate surface area is 220 Å². The molecule has 0 spiro atoms. The molecule has 12 nitrogen and oxygen atoms in total. The zero-order chi connectivity index (χ0) is 26.1. The van der Waals surface area contributed by atoms with Crippen LogP contribution in [0.5, 0.6) is 0 Å². The van der Waals surface area contributed by atoms with Crippen molar-refractivity contribution in [1.82, 2.24) is 34.6 Å². The fourth-order valence-corrected chi connectivity index (χ4v) is 6.74. The summed E-state index contributed by atoms with van der Waals surface area (Å²) in [7, 11) is -3.77. The number of nitrogens with zero attached hydrogens (tertiary/aromatic N) is 7. The van der Waals surface area contributed by atoms with Crippen LogP contribution in [0.1, 0.15) is 11.1 Å². The number of hydrogen-bond acceptors (Lipinski definition) is 11. The number of piperazine rings is 1. The molecule has 6 rings (SSSR count). The monoisotopic (exact) mass is 535 g/mol. The first-order valence-corrected chi connectivity index (χ1v) is 14.1. The third kappa shape index (κ3) is 4.69. The van der Waals surface area contributed by atoms with E-state index in [4.69, 9.17) is 20.4 Å². The van der Waals surface area contributed by atoms with E-state index in [-0.39, 0.29) is 10.8 Å². The molecule has 3 N–H and O–H groups in total. The molecule has 0 amide bonds. The number of ether oxygens (including phenoxy) is 1. The van der Waals surface area contributed by atoms with E-state index < -0.39 is 15.2 Å². The molecule has 38 heavy (non-hydrogen) atoms. The van der Waals surface area contributed by atoms with Crippen LogP contribution in [0.2, 0.25) is 0 Å². The van der Waals surface area contributed by atoms with Gasteiger partial charge >= 0.3 is 0 Å². The molecular formula is C25H29N9O3S. The Morgan fingerprint density at radius 1 is 0.947 bits per heavy atom. The molecule has 1 atom stereocenters. The predicted molar refractivity (Wildman–Crippen MR) is 142 cm³/mol. The summed E-state index contributed by atoms with van der Waals surface area (Å²) >= 11 is 0. The predicted octanol–water partition coefficient (Wildman–Crippen LogP) is 0.983. The van der Waals surface area contributed by atoms with E-state index in [1.54, 1.807) is 42.9 Å². The minimum Gasteiger partial charge on any atom is -0.378 e. The minimum absolute atomic E-state index is 0.179. The molecule has 13 heteroatoms. The Morgan fingerprint density at radius 3 is 2.37 bits per heavy atom. The zero-order valence-electron chi connectivity index (χ0n) is 20.8. The van der Waals surface area contributed by atoms with Gasteiger partial charge in [0.05, 0.1) is 29.5 Å². The summed E-state index contributed by atoms with van der Waals surface area (Å²) in [5, 5.41) is 2.37. The number of morpholine rings is 1. The van der Waals surface area contributed by atoms with Gasteiger partial charge in [-0.05, 0) is 12.1 Å². The van der Waals surface area contributed by atoms with Gasteiger partial charge in [-0.25, -0.2) is 28.4 Å². The van der Waals surface area contributed by atoms with Gasteiger partial charge in [0.2, 0.25) is 5.95 Å². The van der Waals surface area contributed by atoms with E-state index in [0.29, 0.717) is 80.9 Å². The van der Waals surface area contributed by atoms with Gasteiger partial charge in [-0.15, -0.1) is 0 Å². The number of sulfone groups is 1. The normalized spacial score (nSPS) is 18.1. The topological polar surface area (TPSA) is 144 Å². The molecule has 3 aromatic heterocycles. The third-order valence-electron chi connectivity index (χ3n) is 6.82. The smallest absolute Gasteiger partial charge is 0.219 e. The molecule has 1 unspecified atom stereocenters. The van der Waals surface area contributed by atoms with E-state index >= 15 is 0 Å².